The minimum atomic E-state index is -4.84. The Morgan fingerprint density at radius 1 is 0.658 bits per heavy atom. The van der Waals surface area contributed by atoms with E-state index in [-0.39, 0.29) is 23.1 Å². The second kappa shape index (κ2) is 10.5. The standard InChI is InChI=1S/C29H20ClF6NO/c30-25-23(15-8-16-24(25)29(34,35)36)27(18-19-9-3-1-4-10-19,37-26(38)20-11-5-2-6-12-20)21-13-7-14-22(17-21)28(31,32)33/h1-17H,18H2,(H,37,38). The first-order valence-electron chi connectivity index (χ1n) is 11.4. The summed E-state index contributed by atoms with van der Waals surface area (Å²) in [5.74, 6) is -0.701. The summed E-state index contributed by atoms with van der Waals surface area (Å²) >= 11 is 6.36. The van der Waals surface area contributed by atoms with Crippen molar-refractivity contribution in [1.29, 1.82) is 0 Å². The highest BCUT2D eigenvalue weighted by Gasteiger charge is 2.43. The van der Waals surface area contributed by atoms with Crippen molar-refractivity contribution in [2.24, 2.45) is 0 Å². The number of nitrogens with one attached hydrogen (secondary N) is 1. The van der Waals surface area contributed by atoms with E-state index in [4.69, 9.17) is 11.6 Å². The summed E-state index contributed by atoms with van der Waals surface area (Å²) in [7, 11) is 0. The number of amides is 1. The quantitative estimate of drug-likeness (QED) is 0.242. The summed E-state index contributed by atoms with van der Waals surface area (Å²) in [6.45, 7) is 0. The minimum Gasteiger partial charge on any atom is -0.338 e. The van der Waals surface area contributed by atoms with Gasteiger partial charge in [-0.15, -0.1) is 0 Å². The molecule has 0 radical (unpaired) electrons. The van der Waals surface area contributed by atoms with Gasteiger partial charge in [-0.05, 0) is 41.5 Å². The van der Waals surface area contributed by atoms with Crippen LogP contribution in [0.1, 0.15) is 38.2 Å². The predicted octanol–water partition coefficient (Wildman–Crippen LogP) is 8.29. The topological polar surface area (TPSA) is 29.1 Å². The van der Waals surface area contributed by atoms with E-state index in [1.165, 1.54) is 24.3 Å². The molecule has 4 aromatic carbocycles. The van der Waals surface area contributed by atoms with E-state index in [1.807, 2.05) is 0 Å². The second-order valence-corrected chi connectivity index (χ2v) is 9.01. The van der Waals surface area contributed by atoms with Crippen molar-refractivity contribution in [3.8, 4) is 0 Å². The molecule has 0 aliphatic rings. The van der Waals surface area contributed by atoms with E-state index in [9.17, 15) is 31.1 Å². The summed E-state index contributed by atoms with van der Waals surface area (Å²) in [6.07, 6.45) is -9.77. The third-order valence-electron chi connectivity index (χ3n) is 6.12. The van der Waals surface area contributed by atoms with E-state index >= 15 is 0 Å². The lowest BCUT2D eigenvalue weighted by Crippen LogP contribution is -2.49. The maximum atomic E-state index is 13.9. The number of benzene rings is 4. The lowest BCUT2D eigenvalue weighted by molar-refractivity contribution is -0.138. The molecule has 4 rings (SSSR count). The predicted molar refractivity (Wildman–Crippen MR) is 133 cm³/mol. The lowest BCUT2D eigenvalue weighted by Gasteiger charge is -2.38. The van der Waals surface area contributed by atoms with Gasteiger partial charge in [0.25, 0.3) is 5.91 Å². The van der Waals surface area contributed by atoms with Gasteiger partial charge >= 0.3 is 12.4 Å². The Kier molecular flexibility index (Phi) is 7.56. The molecule has 0 heterocycles. The van der Waals surface area contributed by atoms with Crippen molar-refractivity contribution in [3.63, 3.8) is 0 Å². The average Bonchev–Trinajstić information content (AvgIpc) is 2.88. The lowest BCUT2D eigenvalue weighted by atomic mass is 9.76. The van der Waals surface area contributed by atoms with Gasteiger partial charge in [-0.2, -0.15) is 26.3 Å². The molecule has 0 saturated heterocycles. The van der Waals surface area contributed by atoms with Crippen molar-refractivity contribution in [3.05, 3.63) is 142 Å². The van der Waals surface area contributed by atoms with E-state index in [0.29, 0.717) is 5.56 Å². The SMILES string of the molecule is O=C(NC(Cc1ccccc1)(c1cccc(C(F)(F)F)c1)c1cccc(C(F)(F)F)c1Cl)c1ccccc1. The van der Waals surface area contributed by atoms with Crippen LogP contribution in [0.2, 0.25) is 5.02 Å². The number of hydrogen-bond acceptors (Lipinski definition) is 1. The van der Waals surface area contributed by atoms with Crippen molar-refractivity contribution in [2.45, 2.75) is 24.3 Å². The fraction of sp³-hybridized carbons (Fsp3) is 0.138. The fourth-order valence-electron chi connectivity index (χ4n) is 4.34. The molecule has 0 bridgehead atoms. The zero-order valence-electron chi connectivity index (χ0n) is 19.6. The third kappa shape index (κ3) is 5.70. The molecule has 0 spiro atoms. The van der Waals surface area contributed by atoms with Crippen molar-refractivity contribution in [2.75, 3.05) is 0 Å². The van der Waals surface area contributed by atoms with E-state index in [1.54, 1.807) is 48.5 Å². The normalized spacial score (nSPS) is 13.6. The van der Waals surface area contributed by atoms with Crippen molar-refractivity contribution in [1.82, 2.24) is 5.32 Å². The molecule has 196 valence electrons. The zero-order chi connectivity index (χ0) is 27.6. The average molecular weight is 548 g/mol. The first-order valence-corrected chi connectivity index (χ1v) is 11.7. The molecule has 1 amide bonds. The minimum absolute atomic E-state index is 0.0818. The number of hydrogen-bond donors (Lipinski definition) is 1. The highest BCUT2D eigenvalue weighted by Crippen LogP contribution is 2.44. The highest BCUT2D eigenvalue weighted by molar-refractivity contribution is 6.32. The molecule has 9 heteroatoms. The molecule has 0 aliphatic carbocycles. The molecule has 1 atom stereocenters. The maximum Gasteiger partial charge on any atom is 0.417 e. The number of rotatable bonds is 6. The fourth-order valence-corrected chi connectivity index (χ4v) is 4.73. The molecule has 38 heavy (non-hydrogen) atoms. The van der Waals surface area contributed by atoms with Crippen LogP contribution in [0.5, 0.6) is 0 Å². The monoisotopic (exact) mass is 547 g/mol. The van der Waals surface area contributed by atoms with Crippen LogP contribution in [0.4, 0.5) is 26.3 Å². The summed E-state index contributed by atoms with van der Waals surface area (Å²) in [6, 6.07) is 23.6. The number of halogens is 7. The molecule has 0 aromatic heterocycles. The number of alkyl halides is 6. The van der Waals surface area contributed by atoms with Gasteiger partial charge in [-0.25, -0.2) is 0 Å². The van der Waals surface area contributed by atoms with Crippen LogP contribution in [-0.2, 0) is 24.3 Å². The zero-order valence-corrected chi connectivity index (χ0v) is 20.3. The van der Waals surface area contributed by atoms with Crippen LogP contribution >= 0.6 is 11.6 Å². The molecule has 1 unspecified atom stereocenters. The summed E-state index contributed by atoms with van der Waals surface area (Å²) in [5, 5.41) is 2.05. The molecule has 4 aromatic rings. The van der Waals surface area contributed by atoms with E-state index in [0.717, 1.165) is 30.3 Å². The van der Waals surface area contributed by atoms with Crippen LogP contribution in [0.15, 0.2) is 103 Å². The maximum absolute atomic E-state index is 13.9. The van der Waals surface area contributed by atoms with Crippen LogP contribution in [0.3, 0.4) is 0 Å². The van der Waals surface area contributed by atoms with Gasteiger partial charge in [-0.3, -0.25) is 4.79 Å². The van der Waals surface area contributed by atoms with Gasteiger partial charge in [0, 0.05) is 17.5 Å². The molecule has 1 N–H and O–H groups in total. The van der Waals surface area contributed by atoms with Crippen LogP contribution in [-0.4, -0.2) is 5.91 Å². The Balaban J connectivity index is 2.05. The Bertz CT molecular complexity index is 1420. The van der Waals surface area contributed by atoms with Crippen LogP contribution in [0.25, 0.3) is 0 Å². The molecular formula is C29H20ClF6NO. The van der Waals surface area contributed by atoms with Gasteiger partial charge < -0.3 is 5.32 Å². The first-order chi connectivity index (χ1) is 17.9. The van der Waals surface area contributed by atoms with E-state index < -0.39 is 39.9 Å². The molecule has 0 fully saturated rings. The van der Waals surface area contributed by atoms with Crippen molar-refractivity contribution < 1.29 is 31.1 Å². The van der Waals surface area contributed by atoms with Crippen LogP contribution < -0.4 is 5.32 Å². The van der Waals surface area contributed by atoms with Gasteiger partial charge in [-0.1, -0.05) is 84.4 Å². The van der Waals surface area contributed by atoms with Gasteiger partial charge in [0.2, 0.25) is 0 Å². The van der Waals surface area contributed by atoms with Gasteiger partial charge in [0.05, 0.1) is 21.7 Å². The molecule has 2 nitrogen and oxygen atoms in total. The van der Waals surface area contributed by atoms with E-state index in [2.05, 4.69) is 5.32 Å². The summed E-state index contributed by atoms with van der Waals surface area (Å²) in [4.78, 5) is 13.5. The molecule has 0 aliphatic heterocycles. The smallest absolute Gasteiger partial charge is 0.338 e. The molecular weight excluding hydrogens is 528 g/mol. The van der Waals surface area contributed by atoms with Gasteiger partial charge in [0.15, 0.2) is 0 Å². The number of carbonyl (C=O) groups excluding carboxylic acids is 1. The highest BCUT2D eigenvalue weighted by atomic mass is 35.5. The Morgan fingerprint density at radius 3 is 1.82 bits per heavy atom. The molecule has 0 saturated carbocycles. The Labute approximate surface area is 219 Å². The second-order valence-electron chi connectivity index (χ2n) is 8.63. The summed E-state index contributed by atoms with van der Waals surface area (Å²) < 4.78 is 82.9. The van der Waals surface area contributed by atoms with Crippen LogP contribution in [0, 0.1) is 0 Å². The Morgan fingerprint density at radius 2 is 1.21 bits per heavy atom. The Hall–Kier alpha value is -3.78. The third-order valence-corrected chi connectivity index (χ3v) is 6.53. The largest absolute Gasteiger partial charge is 0.417 e. The van der Waals surface area contributed by atoms with Gasteiger partial charge in [0.1, 0.15) is 0 Å². The first kappa shape index (κ1) is 27.3. The van der Waals surface area contributed by atoms with Crippen molar-refractivity contribution >= 4 is 17.5 Å². The number of carbonyl (C=O) groups is 1. The summed E-state index contributed by atoms with van der Waals surface area (Å²) in [5.41, 5.74) is -3.66.